The molecule has 0 aromatic heterocycles. The zero-order valence-corrected chi connectivity index (χ0v) is 20.0. The van der Waals surface area contributed by atoms with Gasteiger partial charge in [0.15, 0.2) is 0 Å². The standard InChI is InChI=1S/C27H27ClN2O5/c1-34-23-10-4-19(5-11-23)14-17-35-24-12-6-21(7-13-24)26(32)30-25(27(33)29-15-16-31)18-20-2-8-22(28)9-3-20/h2-13,18,31H,14-17H2,1H3,(H,29,33)(H,30,32)/b25-18-. The van der Waals surface area contributed by atoms with Crippen LogP contribution in [0, 0.1) is 0 Å². The van der Waals surface area contributed by atoms with Gasteiger partial charge < -0.3 is 25.2 Å². The first-order valence-corrected chi connectivity index (χ1v) is 11.4. The number of carbonyl (C=O) groups excluding carboxylic acids is 2. The minimum atomic E-state index is -0.513. The van der Waals surface area contributed by atoms with E-state index in [2.05, 4.69) is 10.6 Å². The van der Waals surface area contributed by atoms with Gasteiger partial charge in [-0.15, -0.1) is 0 Å². The van der Waals surface area contributed by atoms with Crippen LogP contribution in [0.4, 0.5) is 0 Å². The number of aliphatic hydroxyl groups is 1. The molecular weight excluding hydrogens is 468 g/mol. The van der Waals surface area contributed by atoms with Crippen LogP contribution < -0.4 is 20.1 Å². The molecule has 3 aromatic rings. The molecule has 3 N–H and O–H groups in total. The Hall–Kier alpha value is -3.81. The maximum absolute atomic E-state index is 12.8. The van der Waals surface area contributed by atoms with Gasteiger partial charge in [-0.3, -0.25) is 9.59 Å². The number of nitrogens with one attached hydrogen (secondary N) is 2. The molecule has 35 heavy (non-hydrogen) atoms. The van der Waals surface area contributed by atoms with E-state index < -0.39 is 11.8 Å². The molecule has 0 atom stereocenters. The van der Waals surface area contributed by atoms with E-state index in [1.165, 1.54) is 6.08 Å². The van der Waals surface area contributed by atoms with E-state index in [1.54, 1.807) is 55.6 Å². The molecule has 0 aliphatic heterocycles. The van der Waals surface area contributed by atoms with E-state index in [0.717, 1.165) is 17.7 Å². The number of halogens is 1. The molecular formula is C27H27ClN2O5. The third-order valence-electron chi connectivity index (χ3n) is 5.01. The number of benzene rings is 3. The minimum absolute atomic E-state index is 0.0468. The molecule has 0 spiro atoms. The molecule has 0 aliphatic rings. The highest BCUT2D eigenvalue weighted by Gasteiger charge is 2.14. The van der Waals surface area contributed by atoms with Crippen molar-refractivity contribution in [3.63, 3.8) is 0 Å². The first kappa shape index (κ1) is 25.8. The summed E-state index contributed by atoms with van der Waals surface area (Å²) in [6.07, 6.45) is 2.27. The summed E-state index contributed by atoms with van der Waals surface area (Å²) in [5.41, 5.74) is 2.22. The van der Waals surface area contributed by atoms with Gasteiger partial charge in [0.2, 0.25) is 0 Å². The van der Waals surface area contributed by atoms with Crippen molar-refractivity contribution in [2.24, 2.45) is 0 Å². The highest BCUT2D eigenvalue weighted by molar-refractivity contribution is 6.30. The topological polar surface area (TPSA) is 96.9 Å². The van der Waals surface area contributed by atoms with Crippen LogP contribution in [0.5, 0.6) is 11.5 Å². The molecule has 0 bridgehead atoms. The summed E-state index contributed by atoms with van der Waals surface area (Å²) < 4.78 is 10.9. The molecule has 3 rings (SSSR count). The van der Waals surface area contributed by atoms with Crippen LogP contribution in [0.2, 0.25) is 5.02 Å². The molecule has 0 radical (unpaired) electrons. The summed E-state index contributed by atoms with van der Waals surface area (Å²) in [7, 11) is 1.63. The van der Waals surface area contributed by atoms with E-state index >= 15 is 0 Å². The molecule has 0 saturated carbocycles. The van der Waals surface area contributed by atoms with Crippen LogP contribution in [0.25, 0.3) is 6.08 Å². The van der Waals surface area contributed by atoms with Gasteiger partial charge in [0, 0.05) is 23.6 Å². The normalized spacial score (nSPS) is 11.0. The molecule has 0 fully saturated rings. The Labute approximate surface area is 209 Å². The number of rotatable bonds is 11. The van der Waals surface area contributed by atoms with Gasteiger partial charge in [0.1, 0.15) is 17.2 Å². The number of hydrogen-bond acceptors (Lipinski definition) is 5. The lowest BCUT2D eigenvalue weighted by atomic mass is 10.1. The highest BCUT2D eigenvalue weighted by atomic mass is 35.5. The van der Waals surface area contributed by atoms with Gasteiger partial charge in [-0.25, -0.2) is 0 Å². The molecule has 2 amide bonds. The number of ether oxygens (including phenoxy) is 2. The fraction of sp³-hybridized carbons (Fsp3) is 0.185. The summed E-state index contributed by atoms with van der Waals surface area (Å²) in [5, 5.41) is 14.7. The maximum Gasteiger partial charge on any atom is 0.267 e. The lowest BCUT2D eigenvalue weighted by molar-refractivity contribution is -0.117. The SMILES string of the molecule is COc1ccc(CCOc2ccc(C(=O)N/C(=C\c3ccc(Cl)cc3)C(=O)NCCO)cc2)cc1. The molecule has 0 aliphatic carbocycles. The largest absolute Gasteiger partial charge is 0.497 e. The number of amides is 2. The summed E-state index contributed by atoms with van der Waals surface area (Å²) in [5.74, 6) is 0.475. The fourth-order valence-corrected chi connectivity index (χ4v) is 3.25. The zero-order chi connectivity index (χ0) is 25.0. The maximum atomic E-state index is 12.8. The first-order valence-electron chi connectivity index (χ1n) is 11.0. The second-order valence-corrected chi connectivity index (χ2v) is 7.95. The number of hydrogen-bond donors (Lipinski definition) is 3. The molecule has 0 unspecified atom stereocenters. The van der Waals surface area contributed by atoms with Crippen LogP contribution in [0.1, 0.15) is 21.5 Å². The van der Waals surface area contributed by atoms with Gasteiger partial charge in [0.05, 0.1) is 20.3 Å². The predicted octanol–water partition coefficient (Wildman–Crippen LogP) is 3.85. The van der Waals surface area contributed by atoms with Crippen LogP contribution in [0.3, 0.4) is 0 Å². The number of carbonyl (C=O) groups is 2. The Morgan fingerprint density at radius 1 is 0.943 bits per heavy atom. The lowest BCUT2D eigenvalue weighted by Gasteiger charge is -2.11. The van der Waals surface area contributed by atoms with Crippen molar-refractivity contribution in [1.29, 1.82) is 0 Å². The molecule has 182 valence electrons. The van der Waals surface area contributed by atoms with Gasteiger partial charge in [-0.05, 0) is 65.7 Å². The van der Waals surface area contributed by atoms with Crippen molar-refractivity contribution in [1.82, 2.24) is 10.6 Å². The number of methoxy groups -OCH3 is 1. The van der Waals surface area contributed by atoms with E-state index in [9.17, 15) is 9.59 Å². The van der Waals surface area contributed by atoms with Crippen molar-refractivity contribution in [3.8, 4) is 11.5 Å². The average molecular weight is 495 g/mol. The van der Waals surface area contributed by atoms with Gasteiger partial charge in [-0.1, -0.05) is 35.9 Å². The third kappa shape index (κ3) is 8.17. The predicted molar refractivity (Wildman–Crippen MR) is 136 cm³/mol. The van der Waals surface area contributed by atoms with Crippen LogP contribution in [0.15, 0.2) is 78.5 Å². The van der Waals surface area contributed by atoms with Gasteiger partial charge >= 0.3 is 0 Å². The summed E-state index contributed by atoms with van der Waals surface area (Å²) in [6.45, 7) is 0.333. The lowest BCUT2D eigenvalue weighted by Crippen LogP contribution is -2.36. The molecule has 8 heteroatoms. The highest BCUT2D eigenvalue weighted by Crippen LogP contribution is 2.16. The van der Waals surface area contributed by atoms with Crippen molar-refractivity contribution in [2.45, 2.75) is 6.42 Å². The van der Waals surface area contributed by atoms with Gasteiger partial charge in [-0.2, -0.15) is 0 Å². The van der Waals surface area contributed by atoms with Crippen molar-refractivity contribution in [3.05, 3.63) is 100 Å². The Bertz CT molecular complexity index is 1140. The average Bonchev–Trinajstić information content (AvgIpc) is 2.89. The quantitative estimate of drug-likeness (QED) is 0.352. The van der Waals surface area contributed by atoms with E-state index in [4.69, 9.17) is 26.2 Å². The number of aliphatic hydroxyl groups excluding tert-OH is 1. The molecule has 7 nitrogen and oxygen atoms in total. The Morgan fingerprint density at radius 3 is 2.23 bits per heavy atom. The molecule has 3 aromatic carbocycles. The van der Waals surface area contributed by atoms with Crippen LogP contribution >= 0.6 is 11.6 Å². The Morgan fingerprint density at radius 2 is 1.60 bits per heavy atom. The molecule has 0 saturated heterocycles. The Balaban J connectivity index is 1.61. The second-order valence-electron chi connectivity index (χ2n) is 7.51. The van der Waals surface area contributed by atoms with Crippen LogP contribution in [-0.2, 0) is 11.2 Å². The Kier molecular flexibility index (Phi) is 9.71. The van der Waals surface area contributed by atoms with E-state index in [-0.39, 0.29) is 18.8 Å². The minimum Gasteiger partial charge on any atom is -0.497 e. The summed E-state index contributed by atoms with van der Waals surface area (Å²) >= 11 is 5.92. The smallest absolute Gasteiger partial charge is 0.267 e. The summed E-state index contributed by atoms with van der Waals surface area (Å²) in [4.78, 5) is 25.3. The zero-order valence-electron chi connectivity index (χ0n) is 19.3. The van der Waals surface area contributed by atoms with Gasteiger partial charge in [0.25, 0.3) is 11.8 Å². The van der Waals surface area contributed by atoms with E-state index in [0.29, 0.717) is 28.5 Å². The first-order chi connectivity index (χ1) is 17.0. The van der Waals surface area contributed by atoms with Crippen molar-refractivity contribution in [2.75, 3.05) is 26.9 Å². The fourth-order valence-electron chi connectivity index (χ4n) is 3.12. The second kappa shape index (κ2) is 13.2. The van der Waals surface area contributed by atoms with Crippen molar-refractivity contribution >= 4 is 29.5 Å². The van der Waals surface area contributed by atoms with Crippen molar-refractivity contribution < 1.29 is 24.2 Å². The third-order valence-corrected chi connectivity index (χ3v) is 5.26. The van der Waals surface area contributed by atoms with Crippen LogP contribution in [-0.4, -0.2) is 43.8 Å². The van der Waals surface area contributed by atoms with E-state index in [1.807, 2.05) is 24.3 Å². The monoisotopic (exact) mass is 494 g/mol. The summed E-state index contributed by atoms with van der Waals surface area (Å²) in [6, 6.07) is 21.3. The molecule has 0 heterocycles.